The number of halogens is 1. The maximum Gasteiger partial charge on any atom is 0.311 e. The molecule has 6 heteroatoms. The first-order valence-corrected chi connectivity index (χ1v) is 9.34. The first-order valence-electron chi connectivity index (χ1n) is 8.46. The van der Waals surface area contributed by atoms with Crippen molar-refractivity contribution < 1.29 is 13.9 Å². The molecular formula is C19H23FN2O2S. The van der Waals surface area contributed by atoms with Gasteiger partial charge in [-0.15, -0.1) is 11.3 Å². The number of piperidine rings is 1. The van der Waals surface area contributed by atoms with E-state index in [0.29, 0.717) is 0 Å². The van der Waals surface area contributed by atoms with Crippen LogP contribution in [0.5, 0.6) is 0 Å². The van der Waals surface area contributed by atoms with E-state index < -0.39 is 5.41 Å². The summed E-state index contributed by atoms with van der Waals surface area (Å²) in [4.78, 5) is 19.1. The van der Waals surface area contributed by atoms with Gasteiger partial charge in [0.05, 0.1) is 18.2 Å². The lowest BCUT2D eigenvalue weighted by atomic mass is 9.74. The summed E-state index contributed by atoms with van der Waals surface area (Å²) < 4.78 is 18.1. The van der Waals surface area contributed by atoms with Crippen molar-refractivity contribution in [1.82, 2.24) is 4.98 Å². The van der Waals surface area contributed by atoms with Gasteiger partial charge in [0.15, 0.2) is 5.13 Å². The zero-order valence-electron chi connectivity index (χ0n) is 14.8. The van der Waals surface area contributed by atoms with Crippen molar-refractivity contribution in [3.63, 3.8) is 0 Å². The lowest BCUT2D eigenvalue weighted by Crippen LogP contribution is -2.45. The molecule has 1 saturated heterocycles. The maximum absolute atomic E-state index is 13.1. The maximum atomic E-state index is 13.1. The first-order chi connectivity index (χ1) is 11.9. The van der Waals surface area contributed by atoms with Crippen LogP contribution in [0.2, 0.25) is 0 Å². The molecule has 1 aliphatic heterocycles. The van der Waals surface area contributed by atoms with E-state index in [2.05, 4.69) is 4.90 Å². The molecule has 0 N–H and O–H groups in total. The van der Waals surface area contributed by atoms with Gasteiger partial charge in [0.1, 0.15) is 5.82 Å². The van der Waals surface area contributed by atoms with Gasteiger partial charge in [-0.3, -0.25) is 4.79 Å². The molecule has 1 aromatic carbocycles. The van der Waals surface area contributed by atoms with Crippen LogP contribution in [0, 0.1) is 17.2 Å². The first kappa shape index (κ1) is 17.9. The Bertz CT molecular complexity index is 742. The van der Waals surface area contributed by atoms with Crippen molar-refractivity contribution in [2.45, 2.75) is 26.7 Å². The lowest BCUT2D eigenvalue weighted by molar-refractivity contribution is -0.154. The van der Waals surface area contributed by atoms with E-state index in [-0.39, 0.29) is 17.7 Å². The number of carbonyl (C=O) groups is 1. The third-order valence-corrected chi connectivity index (χ3v) is 5.96. The minimum Gasteiger partial charge on any atom is -0.469 e. The molecule has 2 aromatic rings. The molecule has 4 nitrogen and oxygen atoms in total. The number of methoxy groups -OCH3 is 1. The molecule has 0 bridgehead atoms. The fourth-order valence-corrected chi connectivity index (χ4v) is 4.20. The molecule has 1 aliphatic rings. The molecule has 0 amide bonds. The summed E-state index contributed by atoms with van der Waals surface area (Å²) in [6.07, 6.45) is 2.03. The number of hydrogen-bond acceptors (Lipinski definition) is 5. The summed E-state index contributed by atoms with van der Waals surface area (Å²) in [6, 6.07) is 6.38. The number of hydrogen-bond donors (Lipinski definition) is 0. The van der Waals surface area contributed by atoms with Crippen molar-refractivity contribution >= 4 is 22.4 Å². The van der Waals surface area contributed by atoms with Crippen LogP contribution >= 0.6 is 11.3 Å². The predicted molar refractivity (Wildman–Crippen MR) is 98.2 cm³/mol. The van der Waals surface area contributed by atoms with Gasteiger partial charge in [0.25, 0.3) is 0 Å². The van der Waals surface area contributed by atoms with E-state index in [1.54, 1.807) is 23.5 Å². The van der Waals surface area contributed by atoms with Crippen LogP contribution in [0.25, 0.3) is 11.3 Å². The van der Waals surface area contributed by atoms with Gasteiger partial charge in [-0.05, 0) is 56.9 Å². The highest BCUT2D eigenvalue weighted by Gasteiger charge is 2.40. The molecule has 1 fully saturated rings. The normalized spacial score (nSPS) is 18.2. The lowest BCUT2D eigenvalue weighted by Gasteiger charge is -2.39. The van der Waals surface area contributed by atoms with Gasteiger partial charge >= 0.3 is 5.97 Å². The van der Waals surface area contributed by atoms with E-state index in [9.17, 15) is 9.18 Å². The molecule has 3 rings (SSSR count). The Morgan fingerprint density at radius 2 is 2.08 bits per heavy atom. The molecule has 25 heavy (non-hydrogen) atoms. The average molecular weight is 362 g/mol. The molecule has 134 valence electrons. The Morgan fingerprint density at radius 3 is 2.76 bits per heavy atom. The van der Waals surface area contributed by atoms with Crippen molar-refractivity contribution in [2.75, 3.05) is 25.1 Å². The molecule has 0 saturated carbocycles. The number of carbonyl (C=O) groups excluding carboxylic acids is 1. The zero-order valence-corrected chi connectivity index (χ0v) is 15.6. The SMILES string of the molecule is COC(=O)C(C)(C)C1CCCN(c2nc(-c3ccc(F)cc3)cs2)C1. The van der Waals surface area contributed by atoms with Crippen LogP contribution < -0.4 is 4.90 Å². The van der Waals surface area contributed by atoms with Crippen LogP contribution in [-0.2, 0) is 9.53 Å². The van der Waals surface area contributed by atoms with Crippen LogP contribution in [0.1, 0.15) is 26.7 Å². The fourth-order valence-electron chi connectivity index (χ4n) is 3.33. The molecule has 0 radical (unpaired) electrons. The highest BCUT2D eigenvalue weighted by Crippen LogP contribution is 2.37. The van der Waals surface area contributed by atoms with E-state index in [0.717, 1.165) is 42.3 Å². The van der Waals surface area contributed by atoms with Crippen LogP contribution in [0.4, 0.5) is 9.52 Å². The number of thiazole rings is 1. The number of rotatable bonds is 4. The van der Waals surface area contributed by atoms with E-state index in [1.807, 2.05) is 19.2 Å². The molecular weight excluding hydrogens is 339 g/mol. The van der Waals surface area contributed by atoms with Crippen LogP contribution in [0.15, 0.2) is 29.6 Å². The standard InChI is InChI=1S/C19H23FN2O2S/c1-19(2,17(23)24-3)14-5-4-10-22(11-14)18-21-16(12-25-18)13-6-8-15(20)9-7-13/h6-9,12,14H,4-5,10-11H2,1-3H3. The number of esters is 1. The number of aromatic nitrogens is 1. The summed E-state index contributed by atoms with van der Waals surface area (Å²) in [5, 5.41) is 2.95. The summed E-state index contributed by atoms with van der Waals surface area (Å²) in [7, 11) is 1.44. The Balaban J connectivity index is 1.76. The van der Waals surface area contributed by atoms with Gasteiger partial charge in [-0.25, -0.2) is 9.37 Å². The number of nitrogens with zero attached hydrogens (tertiary/aromatic N) is 2. The minimum atomic E-state index is -0.509. The second-order valence-electron chi connectivity index (χ2n) is 7.02. The summed E-state index contributed by atoms with van der Waals surface area (Å²) in [5.74, 6) is -0.180. The second-order valence-corrected chi connectivity index (χ2v) is 7.86. The largest absolute Gasteiger partial charge is 0.469 e. The fraction of sp³-hybridized carbons (Fsp3) is 0.474. The second kappa shape index (κ2) is 7.12. The predicted octanol–water partition coefficient (Wildman–Crippen LogP) is 4.36. The van der Waals surface area contributed by atoms with E-state index >= 15 is 0 Å². The van der Waals surface area contributed by atoms with Crippen molar-refractivity contribution in [3.05, 3.63) is 35.5 Å². The van der Waals surface area contributed by atoms with Crippen molar-refractivity contribution in [2.24, 2.45) is 11.3 Å². The Labute approximate surface area is 151 Å². The summed E-state index contributed by atoms with van der Waals surface area (Å²) in [6.45, 7) is 5.64. The summed E-state index contributed by atoms with van der Waals surface area (Å²) in [5.41, 5.74) is 1.26. The van der Waals surface area contributed by atoms with Gasteiger partial charge < -0.3 is 9.64 Å². The molecule has 1 unspecified atom stereocenters. The quantitative estimate of drug-likeness (QED) is 0.758. The number of benzene rings is 1. The van der Waals surface area contributed by atoms with Gasteiger partial charge in [-0.2, -0.15) is 0 Å². The van der Waals surface area contributed by atoms with Crippen molar-refractivity contribution in [1.29, 1.82) is 0 Å². The topological polar surface area (TPSA) is 42.4 Å². The van der Waals surface area contributed by atoms with Crippen LogP contribution in [0.3, 0.4) is 0 Å². The molecule has 1 aromatic heterocycles. The molecule has 0 spiro atoms. The smallest absolute Gasteiger partial charge is 0.311 e. The monoisotopic (exact) mass is 362 g/mol. The van der Waals surface area contributed by atoms with Gasteiger partial charge in [0, 0.05) is 24.0 Å². The van der Waals surface area contributed by atoms with Crippen LogP contribution in [-0.4, -0.2) is 31.2 Å². The summed E-state index contributed by atoms with van der Waals surface area (Å²) >= 11 is 1.59. The zero-order chi connectivity index (χ0) is 18.0. The molecule has 1 atom stereocenters. The number of anilines is 1. The van der Waals surface area contributed by atoms with E-state index in [4.69, 9.17) is 9.72 Å². The minimum absolute atomic E-state index is 0.162. The average Bonchev–Trinajstić information content (AvgIpc) is 3.12. The third-order valence-electron chi connectivity index (χ3n) is 5.06. The highest BCUT2D eigenvalue weighted by molar-refractivity contribution is 7.14. The third kappa shape index (κ3) is 3.68. The highest BCUT2D eigenvalue weighted by atomic mass is 32.1. The Morgan fingerprint density at radius 1 is 1.36 bits per heavy atom. The number of ether oxygens (including phenoxy) is 1. The Kier molecular flexibility index (Phi) is 5.08. The Hall–Kier alpha value is -1.95. The van der Waals surface area contributed by atoms with E-state index in [1.165, 1.54) is 19.2 Å². The van der Waals surface area contributed by atoms with Crippen molar-refractivity contribution in [3.8, 4) is 11.3 Å². The van der Waals surface area contributed by atoms with Gasteiger partial charge in [0.2, 0.25) is 0 Å². The molecule has 2 heterocycles. The molecule has 0 aliphatic carbocycles. The van der Waals surface area contributed by atoms with Gasteiger partial charge in [-0.1, -0.05) is 0 Å².